The standard InChI is InChI=1S/C31H51F3N6O7S/c1-28(2,3)19(16-39-13-10-14-48(39,46)47)37-27(45)38-23(29(4,5)6)26(44)40-15-17-20(30(17,7)8)21(40)24(42)36-18(11-12-31(32,33)34)22(41)25(43)35-9/h17-21,23H,10-16H2,1-9H3,(H,35,43)(H,36,42)(H2,37,38,45)/t17-,18?,19+,20-,21?,23+/m0/s1. The van der Waals surface area contributed by atoms with Gasteiger partial charge in [0.15, 0.2) is 0 Å². The van der Waals surface area contributed by atoms with E-state index in [1.807, 2.05) is 34.6 Å². The Morgan fingerprint density at radius 3 is 2.02 bits per heavy atom. The number of hydrogen-bond donors (Lipinski definition) is 4. The first-order valence-electron chi connectivity index (χ1n) is 16.2. The Kier molecular flexibility index (Phi) is 11.3. The van der Waals surface area contributed by atoms with Crippen molar-refractivity contribution in [2.75, 3.05) is 32.4 Å². The fourth-order valence-electron chi connectivity index (χ4n) is 6.71. The normalized spacial score (nSPS) is 25.3. The van der Waals surface area contributed by atoms with Crippen molar-refractivity contribution in [1.82, 2.24) is 30.5 Å². The van der Waals surface area contributed by atoms with Gasteiger partial charge in [-0.15, -0.1) is 0 Å². The van der Waals surface area contributed by atoms with Crippen LogP contribution in [0.2, 0.25) is 0 Å². The van der Waals surface area contributed by atoms with E-state index in [2.05, 4.69) is 21.3 Å². The van der Waals surface area contributed by atoms with E-state index >= 15 is 0 Å². The van der Waals surface area contributed by atoms with Crippen LogP contribution in [0.1, 0.15) is 74.7 Å². The largest absolute Gasteiger partial charge is 0.389 e. The van der Waals surface area contributed by atoms with E-state index in [4.69, 9.17) is 0 Å². The minimum atomic E-state index is -4.65. The summed E-state index contributed by atoms with van der Waals surface area (Å²) in [5, 5.41) is 9.98. The van der Waals surface area contributed by atoms with E-state index in [1.54, 1.807) is 20.8 Å². The Hall–Kier alpha value is -2.95. The molecule has 0 aromatic carbocycles. The van der Waals surface area contributed by atoms with Gasteiger partial charge in [-0.1, -0.05) is 55.4 Å². The molecule has 2 saturated heterocycles. The third-order valence-electron chi connectivity index (χ3n) is 9.89. The van der Waals surface area contributed by atoms with Gasteiger partial charge in [0.1, 0.15) is 12.1 Å². The zero-order chi connectivity index (χ0) is 36.8. The summed E-state index contributed by atoms with van der Waals surface area (Å²) in [5.41, 5.74) is -1.82. The molecule has 4 N–H and O–H groups in total. The van der Waals surface area contributed by atoms with Gasteiger partial charge < -0.3 is 26.2 Å². The number of amides is 5. The van der Waals surface area contributed by atoms with Crippen molar-refractivity contribution in [3.63, 3.8) is 0 Å². The molecule has 2 unspecified atom stereocenters. The molecule has 2 aliphatic heterocycles. The molecule has 5 amide bonds. The van der Waals surface area contributed by atoms with Crippen molar-refractivity contribution >= 4 is 39.6 Å². The quantitative estimate of drug-likeness (QED) is 0.237. The lowest BCUT2D eigenvalue weighted by Crippen LogP contribution is -2.62. The number of Topliss-reactive ketones (excluding diaryl/α,β-unsaturated/α-hetero) is 1. The van der Waals surface area contributed by atoms with Crippen molar-refractivity contribution in [2.45, 2.75) is 105 Å². The Bertz CT molecular complexity index is 1390. The number of sulfonamides is 1. The number of nitrogens with zero attached hydrogens (tertiary/aromatic N) is 2. The van der Waals surface area contributed by atoms with Crippen LogP contribution >= 0.6 is 0 Å². The highest BCUT2D eigenvalue weighted by atomic mass is 32.2. The molecule has 0 spiro atoms. The fraction of sp³-hybridized carbons (Fsp3) is 0.839. The number of carbonyl (C=O) groups excluding carboxylic acids is 5. The summed E-state index contributed by atoms with van der Waals surface area (Å²) < 4.78 is 65.5. The highest BCUT2D eigenvalue weighted by Crippen LogP contribution is 2.65. The SMILES string of the molecule is CNC(=O)C(=O)C(CCC(F)(F)F)NC(=O)C1[C@@H]2[C@H](CN1C(=O)[C@@H](NC(=O)N[C@H](CN1CCCS1(=O)=O)C(C)(C)C)C(C)(C)C)C2(C)C. The number of rotatable bonds is 11. The summed E-state index contributed by atoms with van der Waals surface area (Å²) in [7, 11) is -2.30. The van der Waals surface area contributed by atoms with Crippen LogP contribution in [0.25, 0.3) is 0 Å². The number of alkyl halides is 3. The first-order chi connectivity index (χ1) is 21.7. The van der Waals surface area contributed by atoms with E-state index in [0.717, 1.165) is 7.05 Å². The van der Waals surface area contributed by atoms with E-state index in [0.29, 0.717) is 13.0 Å². The molecule has 17 heteroatoms. The second kappa shape index (κ2) is 13.8. The molecule has 6 atom stereocenters. The van der Waals surface area contributed by atoms with Crippen LogP contribution < -0.4 is 21.3 Å². The molecule has 3 aliphatic rings. The molecule has 13 nitrogen and oxygen atoms in total. The number of hydrogen-bond acceptors (Lipinski definition) is 7. The molecule has 3 fully saturated rings. The smallest absolute Gasteiger partial charge is 0.353 e. The van der Waals surface area contributed by atoms with E-state index in [9.17, 15) is 45.6 Å². The van der Waals surface area contributed by atoms with Gasteiger partial charge in [-0.3, -0.25) is 19.2 Å². The molecule has 2 heterocycles. The molecular formula is C31H51F3N6O7S. The van der Waals surface area contributed by atoms with Gasteiger partial charge in [-0.25, -0.2) is 13.2 Å². The number of likely N-dealkylation sites (tertiary alicyclic amines) is 1. The molecule has 0 bridgehead atoms. The van der Waals surface area contributed by atoms with E-state index in [-0.39, 0.29) is 36.1 Å². The minimum absolute atomic E-state index is 0.0308. The number of urea groups is 1. The van der Waals surface area contributed by atoms with Crippen molar-refractivity contribution in [1.29, 1.82) is 0 Å². The Balaban J connectivity index is 1.85. The van der Waals surface area contributed by atoms with Gasteiger partial charge in [-0.05, 0) is 40.9 Å². The summed E-state index contributed by atoms with van der Waals surface area (Å²) in [6, 6.07) is -5.44. The van der Waals surface area contributed by atoms with Crippen molar-refractivity contribution in [3.05, 3.63) is 0 Å². The van der Waals surface area contributed by atoms with Gasteiger partial charge in [0.2, 0.25) is 27.6 Å². The summed E-state index contributed by atoms with van der Waals surface area (Å²) in [5.74, 6) is -4.32. The molecule has 1 aliphatic carbocycles. The van der Waals surface area contributed by atoms with Gasteiger partial charge in [0.05, 0.1) is 11.8 Å². The second-order valence-corrected chi connectivity index (χ2v) is 18.0. The number of likely N-dealkylation sites (N-methyl/N-ethyl adjacent to an activating group) is 1. The van der Waals surface area contributed by atoms with Crippen LogP contribution in [-0.4, -0.2) is 110 Å². The number of halogens is 3. The first-order valence-corrected chi connectivity index (χ1v) is 17.8. The lowest BCUT2D eigenvalue weighted by atomic mass is 9.85. The van der Waals surface area contributed by atoms with Crippen LogP contribution in [0, 0.1) is 28.1 Å². The summed E-state index contributed by atoms with van der Waals surface area (Å²) in [6.45, 7) is 15.1. The van der Waals surface area contributed by atoms with Crippen molar-refractivity contribution < 1.29 is 45.6 Å². The van der Waals surface area contributed by atoms with Crippen LogP contribution in [0.5, 0.6) is 0 Å². The van der Waals surface area contributed by atoms with Crippen LogP contribution in [0.15, 0.2) is 0 Å². The molecule has 0 radical (unpaired) electrons. The zero-order valence-corrected chi connectivity index (χ0v) is 30.0. The van der Waals surface area contributed by atoms with Gasteiger partial charge in [-0.2, -0.15) is 17.5 Å². The number of ketones is 1. The number of carbonyl (C=O) groups is 5. The highest BCUT2D eigenvalue weighted by molar-refractivity contribution is 7.89. The molecule has 48 heavy (non-hydrogen) atoms. The number of fused-ring (bicyclic) bond motifs is 1. The van der Waals surface area contributed by atoms with Crippen LogP contribution in [-0.2, 0) is 29.2 Å². The summed E-state index contributed by atoms with van der Waals surface area (Å²) in [4.78, 5) is 67.5. The zero-order valence-electron chi connectivity index (χ0n) is 29.2. The Morgan fingerprint density at radius 2 is 1.54 bits per heavy atom. The number of nitrogens with one attached hydrogen (secondary N) is 4. The predicted octanol–water partition coefficient (Wildman–Crippen LogP) is 1.78. The molecule has 274 valence electrons. The van der Waals surface area contributed by atoms with Gasteiger partial charge in [0, 0.05) is 39.1 Å². The predicted molar refractivity (Wildman–Crippen MR) is 171 cm³/mol. The number of piperidine rings is 1. The van der Waals surface area contributed by atoms with Crippen molar-refractivity contribution in [3.8, 4) is 0 Å². The Labute approximate surface area is 280 Å². The molecular weight excluding hydrogens is 657 g/mol. The monoisotopic (exact) mass is 708 g/mol. The van der Waals surface area contributed by atoms with Crippen molar-refractivity contribution in [2.24, 2.45) is 28.1 Å². The van der Waals surface area contributed by atoms with Crippen LogP contribution in [0.3, 0.4) is 0 Å². The topological polar surface area (TPSA) is 174 Å². The molecule has 1 saturated carbocycles. The maximum absolute atomic E-state index is 14.2. The van der Waals surface area contributed by atoms with Gasteiger partial charge >= 0.3 is 12.2 Å². The first kappa shape index (κ1) is 39.5. The van der Waals surface area contributed by atoms with E-state index < -0.39 is 93.6 Å². The lowest BCUT2D eigenvalue weighted by molar-refractivity contribution is -0.148. The lowest BCUT2D eigenvalue weighted by Gasteiger charge is -2.39. The van der Waals surface area contributed by atoms with Gasteiger partial charge in [0.25, 0.3) is 5.91 Å². The average Bonchev–Trinajstić information content (AvgIpc) is 3.24. The average molecular weight is 709 g/mol. The summed E-state index contributed by atoms with van der Waals surface area (Å²) in [6.07, 6.45) is -6.44. The maximum Gasteiger partial charge on any atom is 0.389 e. The highest BCUT2D eigenvalue weighted by Gasteiger charge is 2.70. The van der Waals surface area contributed by atoms with E-state index in [1.165, 1.54) is 9.21 Å². The second-order valence-electron chi connectivity index (χ2n) is 15.9. The van der Waals surface area contributed by atoms with Crippen LogP contribution in [0.4, 0.5) is 18.0 Å². The third kappa shape index (κ3) is 8.98. The maximum atomic E-state index is 14.2. The summed E-state index contributed by atoms with van der Waals surface area (Å²) >= 11 is 0. The Morgan fingerprint density at radius 1 is 0.938 bits per heavy atom. The molecule has 0 aromatic rings. The molecule has 0 aromatic heterocycles. The minimum Gasteiger partial charge on any atom is -0.353 e. The molecule has 3 rings (SSSR count). The fourth-order valence-corrected chi connectivity index (χ4v) is 8.25. The third-order valence-corrected chi connectivity index (χ3v) is 11.8.